The van der Waals surface area contributed by atoms with Gasteiger partial charge in [0.05, 0.1) is 11.8 Å². The largest absolute Gasteiger partial charge is 0.436 e. The predicted octanol–water partition coefficient (Wildman–Crippen LogP) is 5.07. The van der Waals surface area contributed by atoms with Crippen LogP contribution in [0.3, 0.4) is 0 Å². The van der Waals surface area contributed by atoms with Crippen molar-refractivity contribution < 1.29 is 13.6 Å². The lowest BCUT2D eigenvalue weighted by atomic mass is 10.1. The summed E-state index contributed by atoms with van der Waals surface area (Å²) in [5.41, 5.74) is 1.87. The molecule has 3 rings (SSSR count). The molecule has 1 aromatic heterocycles. The normalized spacial score (nSPS) is 12.0. The lowest BCUT2D eigenvalue weighted by molar-refractivity contribution is 0.0938. The third-order valence-electron chi connectivity index (χ3n) is 4.14. The van der Waals surface area contributed by atoms with Gasteiger partial charge < -0.3 is 9.73 Å². The van der Waals surface area contributed by atoms with Crippen molar-refractivity contribution in [1.82, 2.24) is 10.3 Å². The number of carbonyl (C=O) groups is 1. The van der Waals surface area contributed by atoms with Gasteiger partial charge in [-0.05, 0) is 49.7 Å². The first kappa shape index (κ1) is 17.9. The monoisotopic (exact) mass is 352 g/mol. The van der Waals surface area contributed by atoms with Gasteiger partial charge >= 0.3 is 0 Å². The first-order chi connectivity index (χ1) is 12.6. The Morgan fingerprint density at radius 1 is 1.19 bits per heavy atom. The lowest BCUT2D eigenvalue weighted by Crippen LogP contribution is -2.32. The van der Waals surface area contributed by atoms with Crippen molar-refractivity contribution in [1.29, 1.82) is 0 Å². The summed E-state index contributed by atoms with van der Waals surface area (Å²) in [6, 6.07) is 13.3. The molecular weight excluding hydrogens is 331 g/mol. The molecular formula is C21H21FN2O2. The van der Waals surface area contributed by atoms with Gasteiger partial charge in [-0.3, -0.25) is 4.79 Å². The van der Waals surface area contributed by atoms with E-state index in [2.05, 4.69) is 17.2 Å². The molecule has 0 aliphatic carbocycles. The van der Waals surface area contributed by atoms with Gasteiger partial charge in [-0.1, -0.05) is 25.5 Å². The fourth-order valence-electron chi connectivity index (χ4n) is 2.82. The minimum Gasteiger partial charge on any atom is -0.436 e. The van der Waals surface area contributed by atoms with Gasteiger partial charge in [-0.15, -0.1) is 0 Å². The maximum Gasteiger partial charge on any atom is 0.252 e. The van der Waals surface area contributed by atoms with Gasteiger partial charge in [0.15, 0.2) is 5.76 Å². The molecule has 0 spiro atoms. The summed E-state index contributed by atoms with van der Waals surface area (Å²) in [6.07, 6.45) is 3.50. The van der Waals surface area contributed by atoms with Crippen LogP contribution >= 0.6 is 0 Å². The molecule has 0 aliphatic heterocycles. The SMILES string of the molecule is CCC[C@@H](C)NC(=O)c1ccccc1-c1ncc(-c2ccc(F)cc2)o1. The molecule has 0 unspecified atom stereocenters. The van der Waals surface area contributed by atoms with E-state index in [9.17, 15) is 9.18 Å². The molecule has 0 radical (unpaired) electrons. The summed E-state index contributed by atoms with van der Waals surface area (Å²) >= 11 is 0. The molecule has 1 heterocycles. The minimum atomic E-state index is -0.309. The minimum absolute atomic E-state index is 0.0971. The molecule has 0 bridgehead atoms. The number of rotatable bonds is 6. The van der Waals surface area contributed by atoms with Crippen molar-refractivity contribution in [3.05, 3.63) is 66.1 Å². The summed E-state index contributed by atoms with van der Waals surface area (Å²) in [6.45, 7) is 4.07. The molecule has 1 amide bonds. The van der Waals surface area contributed by atoms with E-state index in [1.54, 1.807) is 30.5 Å². The van der Waals surface area contributed by atoms with Gasteiger partial charge in [-0.25, -0.2) is 9.37 Å². The van der Waals surface area contributed by atoms with E-state index >= 15 is 0 Å². The highest BCUT2D eigenvalue weighted by Crippen LogP contribution is 2.28. The van der Waals surface area contributed by atoms with Crippen molar-refractivity contribution in [3.63, 3.8) is 0 Å². The average Bonchev–Trinajstić information content (AvgIpc) is 3.12. The average molecular weight is 352 g/mol. The molecule has 3 aromatic rings. The van der Waals surface area contributed by atoms with Crippen LogP contribution in [0.5, 0.6) is 0 Å². The number of hydrogen-bond acceptors (Lipinski definition) is 3. The maximum absolute atomic E-state index is 13.1. The van der Waals surface area contributed by atoms with Crippen LogP contribution < -0.4 is 5.32 Å². The second kappa shape index (κ2) is 7.95. The van der Waals surface area contributed by atoms with Crippen LogP contribution in [-0.2, 0) is 0 Å². The smallest absolute Gasteiger partial charge is 0.252 e. The maximum atomic E-state index is 13.1. The van der Waals surface area contributed by atoms with Crippen molar-refractivity contribution >= 4 is 5.91 Å². The van der Waals surface area contributed by atoms with Gasteiger partial charge in [0.25, 0.3) is 5.91 Å². The summed E-state index contributed by atoms with van der Waals surface area (Å²) in [5.74, 6) is 0.424. The number of carbonyl (C=O) groups excluding carboxylic acids is 1. The second-order valence-corrected chi connectivity index (χ2v) is 6.25. The van der Waals surface area contributed by atoms with Gasteiger partial charge in [-0.2, -0.15) is 0 Å². The number of halogens is 1. The number of nitrogens with zero attached hydrogens (tertiary/aromatic N) is 1. The van der Waals surface area contributed by atoms with Gasteiger partial charge in [0.2, 0.25) is 5.89 Å². The van der Waals surface area contributed by atoms with E-state index in [4.69, 9.17) is 4.42 Å². The van der Waals surface area contributed by atoms with Crippen LogP contribution in [0.1, 0.15) is 37.0 Å². The number of benzene rings is 2. The molecule has 0 saturated heterocycles. The number of aromatic nitrogens is 1. The zero-order valence-corrected chi connectivity index (χ0v) is 14.8. The molecule has 134 valence electrons. The van der Waals surface area contributed by atoms with Crippen LogP contribution in [0.2, 0.25) is 0 Å². The van der Waals surface area contributed by atoms with E-state index in [1.165, 1.54) is 12.1 Å². The predicted molar refractivity (Wildman–Crippen MR) is 99.2 cm³/mol. The quantitative estimate of drug-likeness (QED) is 0.674. The molecule has 0 aliphatic rings. The number of nitrogens with one attached hydrogen (secondary N) is 1. The van der Waals surface area contributed by atoms with Crippen molar-refractivity contribution in [2.24, 2.45) is 0 Å². The highest BCUT2D eigenvalue weighted by atomic mass is 19.1. The van der Waals surface area contributed by atoms with E-state index < -0.39 is 0 Å². The van der Waals surface area contributed by atoms with E-state index in [0.717, 1.165) is 18.4 Å². The summed E-state index contributed by atoms with van der Waals surface area (Å²) in [4.78, 5) is 16.9. The molecule has 26 heavy (non-hydrogen) atoms. The molecule has 0 saturated carbocycles. The molecule has 1 atom stereocenters. The molecule has 4 nitrogen and oxygen atoms in total. The first-order valence-corrected chi connectivity index (χ1v) is 8.70. The van der Waals surface area contributed by atoms with Crippen LogP contribution in [0.15, 0.2) is 59.1 Å². The molecule has 5 heteroatoms. The Morgan fingerprint density at radius 3 is 2.65 bits per heavy atom. The van der Waals surface area contributed by atoms with Crippen molar-refractivity contribution in [3.8, 4) is 22.8 Å². The Bertz CT molecular complexity index is 887. The topological polar surface area (TPSA) is 55.1 Å². The van der Waals surface area contributed by atoms with Crippen LogP contribution in [-0.4, -0.2) is 16.9 Å². The molecule has 0 fully saturated rings. The number of oxazole rings is 1. The zero-order valence-electron chi connectivity index (χ0n) is 14.8. The molecule has 1 N–H and O–H groups in total. The highest BCUT2D eigenvalue weighted by molar-refractivity contribution is 6.00. The highest BCUT2D eigenvalue weighted by Gasteiger charge is 2.18. The van der Waals surface area contributed by atoms with E-state index in [-0.39, 0.29) is 17.8 Å². The van der Waals surface area contributed by atoms with Gasteiger partial charge in [0, 0.05) is 17.2 Å². The third-order valence-corrected chi connectivity index (χ3v) is 4.14. The standard InChI is InChI=1S/C21H21FN2O2/c1-3-6-14(2)24-20(25)17-7-4-5-8-18(17)21-23-13-19(26-21)15-9-11-16(22)12-10-15/h4-5,7-14H,3,6H2,1-2H3,(H,24,25)/t14-/m1/s1. The fourth-order valence-corrected chi connectivity index (χ4v) is 2.82. The number of amides is 1. The van der Waals surface area contributed by atoms with Crippen LogP contribution in [0.25, 0.3) is 22.8 Å². The summed E-state index contributed by atoms with van der Waals surface area (Å²) < 4.78 is 18.9. The Morgan fingerprint density at radius 2 is 1.92 bits per heavy atom. The Labute approximate surface area is 152 Å². The summed E-state index contributed by atoms with van der Waals surface area (Å²) in [5, 5.41) is 3.00. The Hall–Kier alpha value is -2.95. The molecule has 2 aromatic carbocycles. The van der Waals surface area contributed by atoms with Crippen molar-refractivity contribution in [2.75, 3.05) is 0 Å². The Kier molecular flexibility index (Phi) is 5.46. The first-order valence-electron chi connectivity index (χ1n) is 8.70. The Balaban J connectivity index is 1.88. The third kappa shape index (κ3) is 3.99. The summed E-state index contributed by atoms with van der Waals surface area (Å²) in [7, 11) is 0. The fraction of sp³-hybridized carbons (Fsp3) is 0.238. The van der Waals surface area contributed by atoms with Crippen molar-refractivity contribution in [2.45, 2.75) is 32.7 Å². The van der Waals surface area contributed by atoms with Crippen LogP contribution in [0, 0.1) is 5.82 Å². The second-order valence-electron chi connectivity index (χ2n) is 6.25. The van der Waals surface area contributed by atoms with Crippen LogP contribution in [0.4, 0.5) is 4.39 Å². The van der Waals surface area contributed by atoms with E-state index in [1.807, 2.05) is 19.1 Å². The van der Waals surface area contributed by atoms with Gasteiger partial charge in [0.1, 0.15) is 5.82 Å². The number of hydrogen-bond donors (Lipinski definition) is 1. The van der Waals surface area contributed by atoms with E-state index in [0.29, 0.717) is 22.8 Å². The zero-order chi connectivity index (χ0) is 18.5. The lowest BCUT2D eigenvalue weighted by Gasteiger charge is -2.14.